The van der Waals surface area contributed by atoms with E-state index in [0.29, 0.717) is 6.04 Å². The molecule has 4 rings (SSSR count). The molecule has 1 aromatic carbocycles. The summed E-state index contributed by atoms with van der Waals surface area (Å²) >= 11 is 1.92. The molecule has 122 valence electrons. The van der Waals surface area contributed by atoms with Gasteiger partial charge in [0, 0.05) is 36.9 Å². The molecule has 2 fully saturated rings. The van der Waals surface area contributed by atoms with Gasteiger partial charge in [0.05, 0.1) is 0 Å². The van der Waals surface area contributed by atoms with Gasteiger partial charge < -0.3 is 5.32 Å². The lowest BCUT2D eigenvalue weighted by atomic mass is 9.76. The summed E-state index contributed by atoms with van der Waals surface area (Å²) in [6, 6.07) is 9.58. The number of hydrogen-bond donors (Lipinski definition) is 1. The molecule has 0 bridgehead atoms. The Kier molecular flexibility index (Phi) is 6.54. The molecule has 0 unspecified atom stereocenters. The number of rotatable bonds is 3. The van der Waals surface area contributed by atoms with Crippen LogP contribution in [-0.4, -0.2) is 31.1 Å². The fourth-order valence-electron chi connectivity index (χ4n) is 3.69. The maximum Gasteiger partial charge on any atom is 0.0391 e. The van der Waals surface area contributed by atoms with Gasteiger partial charge in [0.25, 0.3) is 0 Å². The Balaban J connectivity index is 0.000000882. The smallest absolute Gasteiger partial charge is 0.0391 e. The Bertz CT molecular complexity index is 591. The van der Waals surface area contributed by atoms with E-state index in [0.717, 1.165) is 19.0 Å². The van der Waals surface area contributed by atoms with E-state index < -0.39 is 0 Å². The average Bonchev–Trinajstić information content (AvgIpc) is 2.87. The van der Waals surface area contributed by atoms with E-state index in [-0.39, 0.29) is 24.8 Å². The van der Waals surface area contributed by atoms with Crippen molar-refractivity contribution in [2.24, 2.45) is 5.92 Å². The van der Waals surface area contributed by atoms with Gasteiger partial charge in [-0.15, -0.1) is 36.2 Å². The number of nitrogens with zero attached hydrogens (tertiary/aromatic N) is 1. The molecule has 1 aromatic heterocycles. The van der Waals surface area contributed by atoms with Crippen LogP contribution in [0.25, 0.3) is 10.1 Å². The minimum absolute atomic E-state index is 0. The minimum Gasteiger partial charge on any atom is -0.314 e. The molecule has 1 aliphatic carbocycles. The lowest BCUT2D eigenvalue weighted by Crippen LogP contribution is -2.47. The maximum atomic E-state index is 3.49. The minimum atomic E-state index is 0. The average molecular weight is 359 g/mol. The van der Waals surface area contributed by atoms with Gasteiger partial charge in [-0.05, 0) is 41.2 Å². The summed E-state index contributed by atoms with van der Waals surface area (Å²) < 4.78 is 1.45. The van der Waals surface area contributed by atoms with Gasteiger partial charge in [-0.1, -0.05) is 24.6 Å². The van der Waals surface area contributed by atoms with Crippen LogP contribution in [0.2, 0.25) is 0 Å². The summed E-state index contributed by atoms with van der Waals surface area (Å²) in [5.74, 6) is 0.881. The van der Waals surface area contributed by atoms with Gasteiger partial charge in [0.15, 0.2) is 0 Å². The molecule has 1 aliphatic heterocycles. The third kappa shape index (κ3) is 3.29. The molecule has 1 saturated heterocycles. The van der Waals surface area contributed by atoms with E-state index >= 15 is 0 Å². The van der Waals surface area contributed by atoms with E-state index in [2.05, 4.69) is 39.9 Å². The quantitative estimate of drug-likeness (QED) is 0.869. The van der Waals surface area contributed by atoms with Crippen molar-refractivity contribution in [3.8, 4) is 0 Å². The first-order valence-corrected chi connectivity index (χ1v) is 8.72. The lowest BCUT2D eigenvalue weighted by molar-refractivity contribution is 0.0849. The molecular formula is C17H24Cl2N2S. The first kappa shape index (κ1) is 18.0. The summed E-state index contributed by atoms with van der Waals surface area (Å²) in [5.41, 5.74) is 1.59. The van der Waals surface area contributed by atoms with Crippen molar-refractivity contribution >= 4 is 46.2 Å². The summed E-state index contributed by atoms with van der Waals surface area (Å²) in [6.45, 7) is 4.69. The molecule has 5 heteroatoms. The van der Waals surface area contributed by atoms with Crippen molar-refractivity contribution in [1.82, 2.24) is 10.2 Å². The molecule has 1 N–H and O–H groups in total. The van der Waals surface area contributed by atoms with Gasteiger partial charge in [-0.3, -0.25) is 4.90 Å². The molecule has 2 heterocycles. The lowest BCUT2D eigenvalue weighted by Gasteiger charge is -2.43. The molecule has 1 saturated carbocycles. The second-order valence-corrected chi connectivity index (χ2v) is 7.02. The number of benzene rings is 1. The zero-order valence-electron chi connectivity index (χ0n) is 12.7. The largest absolute Gasteiger partial charge is 0.314 e. The second kappa shape index (κ2) is 7.98. The van der Waals surface area contributed by atoms with E-state index in [1.54, 1.807) is 5.56 Å². The number of piperazine rings is 1. The predicted molar refractivity (Wildman–Crippen MR) is 101 cm³/mol. The van der Waals surface area contributed by atoms with Crippen molar-refractivity contribution in [2.45, 2.75) is 25.3 Å². The van der Waals surface area contributed by atoms with Crippen LogP contribution in [0, 0.1) is 5.92 Å². The van der Waals surface area contributed by atoms with Gasteiger partial charge in [-0.2, -0.15) is 0 Å². The van der Waals surface area contributed by atoms with Crippen LogP contribution in [0.15, 0.2) is 29.6 Å². The number of nitrogens with one attached hydrogen (secondary N) is 1. The van der Waals surface area contributed by atoms with Crippen molar-refractivity contribution in [3.05, 3.63) is 35.2 Å². The van der Waals surface area contributed by atoms with Crippen LogP contribution >= 0.6 is 36.2 Å². The third-order valence-electron chi connectivity index (χ3n) is 4.97. The van der Waals surface area contributed by atoms with Crippen molar-refractivity contribution in [2.75, 3.05) is 26.2 Å². The zero-order chi connectivity index (χ0) is 13.4. The third-order valence-corrected chi connectivity index (χ3v) is 5.95. The molecule has 2 nitrogen and oxygen atoms in total. The van der Waals surface area contributed by atoms with Crippen LogP contribution in [0.5, 0.6) is 0 Å². The number of thiophene rings is 1. The van der Waals surface area contributed by atoms with Crippen LogP contribution in [0.3, 0.4) is 0 Å². The maximum absolute atomic E-state index is 3.49. The van der Waals surface area contributed by atoms with E-state index in [4.69, 9.17) is 0 Å². The van der Waals surface area contributed by atoms with Gasteiger partial charge in [0.1, 0.15) is 0 Å². The second-order valence-electron chi connectivity index (χ2n) is 6.11. The van der Waals surface area contributed by atoms with Crippen LogP contribution in [0.4, 0.5) is 0 Å². The predicted octanol–water partition coefficient (Wildman–Crippen LogP) is 4.49. The number of halogens is 2. The Morgan fingerprint density at radius 1 is 1.09 bits per heavy atom. The molecule has 2 aliphatic rings. The Morgan fingerprint density at radius 2 is 1.82 bits per heavy atom. The fourth-order valence-corrected chi connectivity index (χ4v) is 4.68. The molecule has 0 amide bonds. The molecule has 2 aromatic rings. The van der Waals surface area contributed by atoms with E-state index in [9.17, 15) is 0 Å². The first-order valence-electron chi connectivity index (χ1n) is 7.84. The molecule has 1 atom stereocenters. The highest BCUT2D eigenvalue weighted by Crippen LogP contribution is 2.44. The van der Waals surface area contributed by atoms with Crippen molar-refractivity contribution < 1.29 is 0 Å². The Morgan fingerprint density at radius 3 is 2.50 bits per heavy atom. The van der Waals surface area contributed by atoms with E-state index in [1.165, 1.54) is 42.4 Å². The zero-order valence-corrected chi connectivity index (χ0v) is 15.1. The highest BCUT2D eigenvalue weighted by molar-refractivity contribution is 7.17. The monoisotopic (exact) mass is 358 g/mol. The Labute approximate surface area is 149 Å². The standard InChI is InChI=1S/C17H22N2S.2ClH/c1-2-7-16-14(6-1)15(12-20-16)17(13-4-3-5-13)19-10-8-18-9-11-19;;/h1-2,6-7,12-13,17-18H,3-5,8-11H2;2*1H/t17-;;/m0../s1. The van der Waals surface area contributed by atoms with Crippen molar-refractivity contribution in [1.29, 1.82) is 0 Å². The number of fused-ring (bicyclic) bond motifs is 1. The highest BCUT2D eigenvalue weighted by atomic mass is 35.5. The van der Waals surface area contributed by atoms with Crippen LogP contribution < -0.4 is 5.32 Å². The molecule has 0 spiro atoms. The highest BCUT2D eigenvalue weighted by Gasteiger charge is 2.34. The van der Waals surface area contributed by atoms with Gasteiger partial charge in [-0.25, -0.2) is 0 Å². The van der Waals surface area contributed by atoms with Gasteiger partial charge >= 0.3 is 0 Å². The SMILES string of the molecule is Cl.Cl.c1ccc2c([C@H](C3CCC3)N3CCNCC3)csc2c1. The summed E-state index contributed by atoms with van der Waals surface area (Å²) in [7, 11) is 0. The Hall–Kier alpha value is -0.320. The summed E-state index contributed by atoms with van der Waals surface area (Å²) in [5, 5.41) is 7.41. The normalized spacial score (nSPS) is 20.7. The first-order chi connectivity index (χ1) is 9.93. The van der Waals surface area contributed by atoms with Crippen molar-refractivity contribution in [3.63, 3.8) is 0 Å². The molecular weight excluding hydrogens is 335 g/mol. The molecule has 0 radical (unpaired) electrons. The van der Waals surface area contributed by atoms with Gasteiger partial charge in [0.2, 0.25) is 0 Å². The van der Waals surface area contributed by atoms with Crippen LogP contribution in [-0.2, 0) is 0 Å². The summed E-state index contributed by atoms with van der Waals surface area (Å²) in [4.78, 5) is 2.73. The topological polar surface area (TPSA) is 15.3 Å². The van der Waals surface area contributed by atoms with E-state index in [1.807, 2.05) is 11.3 Å². The fraction of sp³-hybridized carbons (Fsp3) is 0.529. The summed E-state index contributed by atoms with van der Waals surface area (Å²) in [6.07, 6.45) is 4.26. The molecule has 22 heavy (non-hydrogen) atoms. The van der Waals surface area contributed by atoms with Crippen LogP contribution in [0.1, 0.15) is 30.9 Å². The number of hydrogen-bond acceptors (Lipinski definition) is 3.